The number of esters is 1. The van der Waals surface area contributed by atoms with Gasteiger partial charge in [0.1, 0.15) is 0 Å². The van der Waals surface area contributed by atoms with Crippen LogP contribution < -0.4 is 11.1 Å². The topological polar surface area (TPSA) is 84.7 Å². The van der Waals surface area contributed by atoms with E-state index in [0.717, 1.165) is 25.1 Å². The highest BCUT2D eigenvalue weighted by Gasteiger charge is 2.22. The molecule has 1 aromatic carbocycles. The zero-order valence-electron chi connectivity index (χ0n) is 14.3. The molecule has 1 unspecified atom stereocenters. The Balaban J connectivity index is 1.92. The average molecular weight is 333 g/mol. The number of hydrogen-bond donors (Lipinski definition) is 2. The molecule has 6 nitrogen and oxygen atoms in total. The lowest BCUT2D eigenvalue weighted by Crippen LogP contribution is -2.46. The fourth-order valence-corrected chi connectivity index (χ4v) is 3.05. The number of ether oxygens (including phenoxy) is 1. The van der Waals surface area contributed by atoms with Crippen molar-refractivity contribution in [1.82, 2.24) is 10.2 Å². The molecule has 0 bridgehead atoms. The van der Waals surface area contributed by atoms with Gasteiger partial charge in [-0.15, -0.1) is 0 Å². The second kappa shape index (κ2) is 9.39. The molecule has 1 heterocycles. The van der Waals surface area contributed by atoms with Crippen molar-refractivity contribution in [3.05, 3.63) is 35.4 Å². The third-order valence-electron chi connectivity index (χ3n) is 4.42. The number of nitrogens with one attached hydrogen (secondary N) is 1. The number of piperidine rings is 1. The van der Waals surface area contributed by atoms with Crippen LogP contribution in [-0.4, -0.2) is 49.6 Å². The highest BCUT2D eigenvalue weighted by molar-refractivity contribution is 5.89. The Morgan fingerprint density at radius 1 is 1.29 bits per heavy atom. The fraction of sp³-hybridized carbons (Fsp3) is 0.556. The summed E-state index contributed by atoms with van der Waals surface area (Å²) >= 11 is 0. The Kier molecular flexibility index (Phi) is 7.21. The largest absolute Gasteiger partial charge is 0.465 e. The first-order valence-electron chi connectivity index (χ1n) is 8.52. The van der Waals surface area contributed by atoms with Crippen LogP contribution in [0.2, 0.25) is 0 Å². The lowest BCUT2D eigenvalue weighted by molar-refractivity contribution is -0.121. The summed E-state index contributed by atoms with van der Waals surface area (Å²) in [5.74, 6) is -0.300. The third-order valence-corrected chi connectivity index (χ3v) is 4.42. The number of benzene rings is 1. The van der Waals surface area contributed by atoms with Crippen LogP contribution in [0.15, 0.2) is 24.3 Å². The van der Waals surface area contributed by atoms with E-state index >= 15 is 0 Å². The highest BCUT2D eigenvalue weighted by Crippen LogP contribution is 2.19. The summed E-state index contributed by atoms with van der Waals surface area (Å²) in [5.41, 5.74) is 7.12. The molecule has 132 valence electrons. The van der Waals surface area contributed by atoms with Gasteiger partial charge in [-0.3, -0.25) is 9.69 Å². The van der Waals surface area contributed by atoms with E-state index in [1.165, 1.54) is 20.0 Å². The van der Waals surface area contributed by atoms with Crippen LogP contribution in [0.4, 0.5) is 0 Å². The number of likely N-dealkylation sites (tertiary alicyclic amines) is 1. The first-order valence-corrected chi connectivity index (χ1v) is 8.52. The van der Waals surface area contributed by atoms with E-state index in [0.29, 0.717) is 31.1 Å². The molecular formula is C18H27N3O3. The molecule has 6 heteroatoms. The molecule has 2 rings (SSSR count). The zero-order valence-corrected chi connectivity index (χ0v) is 14.3. The molecule has 1 atom stereocenters. The third kappa shape index (κ3) is 5.32. The molecule has 1 saturated heterocycles. The summed E-state index contributed by atoms with van der Waals surface area (Å²) in [6.07, 6.45) is 3.83. The predicted molar refractivity (Wildman–Crippen MR) is 92.5 cm³/mol. The summed E-state index contributed by atoms with van der Waals surface area (Å²) in [5, 5.41) is 2.98. The van der Waals surface area contributed by atoms with Crippen molar-refractivity contribution in [2.24, 2.45) is 5.73 Å². The van der Waals surface area contributed by atoms with E-state index in [1.54, 1.807) is 12.1 Å². The Morgan fingerprint density at radius 2 is 2.04 bits per heavy atom. The van der Waals surface area contributed by atoms with Gasteiger partial charge in [-0.1, -0.05) is 18.6 Å². The smallest absolute Gasteiger partial charge is 0.337 e. The number of hydrogen-bond acceptors (Lipinski definition) is 5. The number of methoxy groups -OCH3 is 1. The highest BCUT2D eigenvalue weighted by atomic mass is 16.5. The van der Waals surface area contributed by atoms with Crippen molar-refractivity contribution in [2.75, 3.05) is 26.7 Å². The van der Waals surface area contributed by atoms with Crippen molar-refractivity contribution in [2.45, 2.75) is 38.3 Å². The molecule has 1 amide bonds. The Labute approximate surface area is 143 Å². The second-order valence-electron chi connectivity index (χ2n) is 6.15. The van der Waals surface area contributed by atoms with Crippen LogP contribution in [-0.2, 0) is 16.1 Å². The summed E-state index contributed by atoms with van der Waals surface area (Å²) in [6.45, 7) is 2.89. The fourth-order valence-electron chi connectivity index (χ4n) is 3.05. The van der Waals surface area contributed by atoms with Gasteiger partial charge in [-0.2, -0.15) is 0 Å². The van der Waals surface area contributed by atoms with Crippen LogP contribution in [0.3, 0.4) is 0 Å². The number of carbonyl (C=O) groups excluding carboxylic acids is 2. The standard InChI is InChI=1S/C18H27N3O3/c1-24-18(23)15-7-5-14(6-8-15)13-21-11-3-2-4-16(21)12-20-17(22)9-10-19/h5-8,16H,2-4,9-13,19H2,1H3,(H,20,22). The quantitative estimate of drug-likeness (QED) is 0.735. The lowest BCUT2D eigenvalue weighted by Gasteiger charge is -2.36. The number of nitrogens with zero attached hydrogens (tertiary/aromatic N) is 1. The molecule has 0 aromatic heterocycles. The van der Waals surface area contributed by atoms with Crippen LogP contribution in [0.5, 0.6) is 0 Å². The van der Waals surface area contributed by atoms with Gasteiger partial charge in [0.15, 0.2) is 0 Å². The van der Waals surface area contributed by atoms with Crippen LogP contribution in [0.25, 0.3) is 0 Å². The zero-order chi connectivity index (χ0) is 17.4. The SMILES string of the molecule is COC(=O)c1ccc(CN2CCCCC2CNC(=O)CCN)cc1. The van der Waals surface area contributed by atoms with Crippen molar-refractivity contribution >= 4 is 11.9 Å². The molecule has 0 spiro atoms. The monoisotopic (exact) mass is 333 g/mol. The minimum atomic E-state index is -0.319. The summed E-state index contributed by atoms with van der Waals surface area (Å²) in [6, 6.07) is 7.86. The average Bonchev–Trinajstić information content (AvgIpc) is 2.61. The van der Waals surface area contributed by atoms with Crippen molar-refractivity contribution in [1.29, 1.82) is 0 Å². The van der Waals surface area contributed by atoms with Gasteiger partial charge >= 0.3 is 5.97 Å². The number of carbonyl (C=O) groups is 2. The Hall–Kier alpha value is -1.92. The van der Waals surface area contributed by atoms with Gasteiger partial charge in [-0.25, -0.2) is 4.79 Å². The van der Waals surface area contributed by atoms with Gasteiger partial charge in [-0.05, 0) is 37.1 Å². The first kappa shape index (κ1) is 18.4. The van der Waals surface area contributed by atoms with E-state index in [-0.39, 0.29) is 11.9 Å². The van der Waals surface area contributed by atoms with Crippen molar-refractivity contribution in [3.63, 3.8) is 0 Å². The minimum Gasteiger partial charge on any atom is -0.465 e. The molecule has 0 saturated carbocycles. The summed E-state index contributed by atoms with van der Waals surface area (Å²) in [7, 11) is 1.38. The Morgan fingerprint density at radius 3 is 2.71 bits per heavy atom. The van der Waals surface area contributed by atoms with Gasteiger partial charge in [0.2, 0.25) is 5.91 Å². The second-order valence-corrected chi connectivity index (χ2v) is 6.15. The molecule has 1 fully saturated rings. The normalized spacial score (nSPS) is 18.2. The maximum Gasteiger partial charge on any atom is 0.337 e. The van der Waals surface area contributed by atoms with Crippen LogP contribution in [0, 0.1) is 0 Å². The molecule has 1 aliphatic heterocycles. The van der Waals surface area contributed by atoms with Crippen LogP contribution >= 0.6 is 0 Å². The molecule has 3 N–H and O–H groups in total. The molecule has 1 aromatic rings. The first-order chi connectivity index (χ1) is 11.6. The maximum atomic E-state index is 11.6. The number of nitrogens with two attached hydrogens (primary N) is 1. The van der Waals surface area contributed by atoms with Crippen molar-refractivity contribution < 1.29 is 14.3 Å². The summed E-state index contributed by atoms with van der Waals surface area (Å²) in [4.78, 5) is 25.5. The summed E-state index contributed by atoms with van der Waals surface area (Å²) < 4.78 is 4.72. The molecular weight excluding hydrogens is 306 g/mol. The van der Waals surface area contributed by atoms with E-state index in [1.807, 2.05) is 12.1 Å². The van der Waals surface area contributed by atoms with E-state index in [2.05, 4.69) is 10.2 Å². The van der Waals surface area contributed by atoms with Crippen molar-refractivity contribution in [3.8, 4) is 0 Å². The predicted octanol–water partition coefficient (Wildman–Crippen LogP) is 1.29. The number of rotatable bonds is 7. The lowest BCUT2D eigenvalue weighted by atomic mass is 10.0. The molecule has 0 radical (unpaired) electrons. The maximum absolute atomic E-state index is 11.6. The molecule has 24 heavy (non-hydrogen) atoms. The Bertz CT molecular complexity index is 545. The van der Waals surface area contributed by atoms with E-state index in [4.69, 9.17) is 10.5 Å². The van der Waals surface area contributed by atoms with Gasteiger partial charge in [0.25, 0.3) is 0 Å². The van der Waals surface area contributed by atoms with E-state index < -0.39 is 0 Å². The number of amides is 1. The van der Waals surface area contributed by atoms with Gasteiger partial charge in [0, 0.05) is 32.1 Å². The van der Waals surface area contributed by atoms with E-state index in [9.17, 15) is 9.59 Å². The molecule has 0 aliphatic carbocycles. The van der Waals surface area contributed by atoms with Gasteiger partial charge < -0.3 is 15.8 Å². The molecule has 1 aliphatic rings. The minimum absolute atomic E-state index is 0.0189. The van der Waals surface area contributed by atoms with Crippen LogP contribution in [0.1, 0.15) is 41.6 Å². The van der Waals surface area contributed by atoms with Gasteiger partial charge in [0.05, 0.1) is 12.7 Å².